The number of unbranched alkanes of at least 4 members (excludes halogenated alkanes) is 3. The summed E-state index contributed by atoms with van der Waals surface area (Å²) in [5.74, 6) is -0.965. The summed E-state index contributed by atoms with van der Waals surface area (Å²) in [5, 5.41) is 28.3. The molecule has 2 unspecified atom stereocenters. The van der Waals surface area contributed by atoms with E-state index in [1.807, 2.05) is 12.1 Å². The van der Waals surface area contributed by atoms with Gasteiger partial charge in [-0.2, -0.15) is 0 Å². The Balaban J connectivity index is 1.84. The van der Waals surface area contributed by atoms with Crippen LogP contribution in [0.25, 0.3) is 0 Å². The minimum atomic E-state index is -1.39. The minimum absolute atomic E-state index is 0.0488. The van der Waals surface area contributed by atoms with Crippen molar-refractivity contribution in [2.45, 2.75) is 51.4 Å². The van der Waals surface area contributed by atoms with E-state index in [0.717, 1.165) is 24.2 Å². The molecule has 7 heteroatoms. The summed E-state index contributed by atoms with van der Waals surface area (Å²) in [4.78, 5) is 11.7. The summed E-state index contributed by atoms with van der Waals surface area (Å²) in [5.41, 5.74) is 0.780. The van der Waals surface area contributed by atoms with Gasteiger partial charge in [0.15, 0.2) is 11.9 Å². The second kappa shape index (κ2) is 10.0. The number of hydrogen-bond donors (Lipinski definition) is 3. The lowest BCUT2D eigenvalue weighted by molar-refractivity contribution is -0.148. The average molecular weight is 366 g/mol. The van der Waals surface area contributed by atoms with Crippen molar-refractivity contribution in [1.82, 2.24) is 0 Å². The molecule has 0 amide bonds. The predicted octanol–water partition coefficient (Wildman–Crippen LogP) is 2.21. The molecule has 0 saturated carbocycles. The lowest BCUT2D eigenvalue weighted by atomic mass is 10.2. The number of carbonyl (C=O) groups excluding carboxylic acids is 1. The van der Waals surface area contributed by atoms with Crippen LogP contribution in [0.1, 0.15) is 38.2 Å². The Hall–Kier alpha value is -2.25. The first-order valence-corrected chi connectivity index (χ1v) is 8.84. The molecule has 1 aromatic carbocycles. The van der Waals surface area contributed by atoms with Crippen molar-refractivity contribution in [3.05, 3.63) is 41.3 Å². The third-order valence-corrected chi connectivity index (χ3v) is 4.03. The molecule has 1 aliphatic heterocycles. The zero-order valence-corrected chi connectivity index (χ0v) is 14.9. The first-order chi connectivity index (χ1) is 12.6. The highest BCUT2D eigenvalue weighted by molar-refractivity contribution is 5.89. The van der Waals surface area contributed by atoms with Gasteiger partial charge in [0.05, 0.1) is 13.2 Å². The number of hydrogen-bond acceptors (Lipinski definition) is 7. The first-order valence-electron chi connectivity index (χ1n) is 8.84. The summed E-state index contributed by atoms with van der Waals surface area (Å²) >= 11 is 0. The third-order valence-electron chi connectivity index (χ3n) is 4.03. The largest absolute Gasteiger partial charge is 0.505 e. The summed E-state index contributed by atoms with van der Waals surface area (Å²) in [6, 6.07) is 7.24. The number of benzene rings is 1. The van der Waals surface area contributed by atoms with Crippen LogP contribution in [0.5, 0.6) is 5.75 Å². The molecule has 0 bridgehead atoms. The molecule has 2 rings (SSSR count). The van der Waals surface area contributed by atoms with E-state index in [1.54, 1.807) is 12.1 Å². The number of cyclic esters (lactones) is 1. The molecule has 0 radical (unpaired) electrons. The fourth-order valence-corrected chi connectivity index (χ4v) is 2.50. The Morgan fingerprint density at radius 2 is 1.88 bits per heavy atom. The number of esters is 1. The second-order valence-electron chi connectivity index (χ2n) is 6.13. The zero-order valence-electron chi connectivity index (χ0n) is 14.9. The highest BCUT2D eigenvalue weighted by atomic mass is 16.6. The number of carbonyl (C=O) groups is 1. The van der Waals surface area contributed by atoms with Crippen LogP contribution in [0.4, 0.5) is 0 Å². The molecule has 1 aromatic rings. The summed E-state index contributed by atoms with van der Waals surface area (Å²) in [6.45, 7) is 2.25. The van der Waals surface area contributed by atoms with Crippen molar-refractivity contribution >= 4 is 5.97 Å². The van der Waals surface area contributed by atoms with Crippen LogP contribution in [0.3, 0.4) is 0 Å². The SMILES string of the molecule is CCCCCCOc1ccc(COC2=C(O)C(C(O)CO)OC2=O)cc1. The molecule has 7 nitrogen and oxygen atoms in total. The minimum Gasteiger partial charge on any atom is -0.505 e. The molecule has 3 N–H and O–H groups in total. The van der Waals surface area contributed by atoms with Gasteiger partial charge in [0, 0.05) is 0 Å². The number of aliphatic hydroxyl groups is 3. The van der Waals surface area contributed by atoms with Crippen molar-refractivity contribution in [3.8, 4) is 5.75 Å². The molecule has 144 valence electrons. The van der Waals surface area contributed by atoms with Crippen LogP contribution in [0.2, 0.25) is 0 Å². The summed E-state index contributed by atoms with van der Waals surface area (Å²) in [7, 11) is 0. The van der Waals surface area contributed by atoms with Crippen molar-refractivity contribution in [1.29, 1.82) is 0 Å². The van der Waals surface area contributed by atoms with Gasteiger partial charge in [-0.25, -0.2) is 4.79 Å². The van der Waals surface area contributed by atoms with Gasteiger partial charge in [0.25, 0.3) is 0 Å². The average Bonchev–Trinajstić information content (AvgIpc) is 2.94. The quantitative estimate of drug-likeness (QED) is 0.407. The molecule has 0 aromatic heterocycles. The van der Waals surface area contributed by atoms with Crippen LogP contribution in [0, 0.1) is 0 Å². The lowest BCUT2D eigenvalue weighted by Gasteiger charge is -2.13. The Morgan fingerprint density at radius 1 is 1.15 bits per heavy atom. The van der Waals surface area contributed by atoms with Gasteiger partial charge >= 0.3 is 5.97 Å². The third kappa shape index (κ3) is 5.37. The molecule has 1 heterocycles. The smallest absolute Gasteiger partial charge is 0.378 e. The maximum Gasteiger partial charge on any atom is 0.378 e. The fraction of sp³-hybridized carbons (Fsp3) is 0.526. The van der Waals surface area contributed by atoms with E-state index in [9.17, 15) is 15.0 Å². The van der Waals surface area contributed by atoms with Crippen molar-refractivity contribution in [2.24, 2.45) is 0 Å². The molecule has 0 spiro atoms. The topological polar surface area (TPSA) is 105 Å². The summed E-state index contributed by atoms with van der Waals surface area (Å²) in [6.07, 6.45) is 1.88. The van der Waals surface area contributed by atoms with Gasteiger partial charge in [0.2, 0.25) is 5.76 Å². The van der Waals surface area contributed by atoms with Gasteiger partial charge in [0.1, 0.15) is 18.5 Å². The van der Waals surface area contributed by atoms with Crippen LogP contribution in [-0.4, -0.2) is 46.7 Å². The van der Waals surface area contributed by atoms with E-state index in [1.165, 1.54) is 12.8 Å². The van der Waals surface area contributed by atoms with E-state index >= 15 is 0 Å². The van der Waals surface area contributed by atoms with Gasteiger partial charge in [-0.05, 0) is 24.1 Å². The zero-order chi connectivity index (χ0) is 18.9. The maximum atomic E-state index is 11.7. The van der Waals surface area contributed by atoms with Gasteiger partial charge in [-0.15, -0.1) is 0 Å². The molecule has 26 heavy (non-hydrogen) atoms. The Labute approximate surface area is 152 Å². The van der Waals surface area contributed by atoms with Gasteiger partial charge in [-0.3, -0.25) is 0 Å². The van der Waals surface area contributed by atoms with Crippen molar-refractivity contribution < 1.29 is 34.3 Å². The van der Waals surface area contributed by atoms with E-state index in [4.69, 9.17) is 19.3 Å². The Morgan fingerprint density at radius 3 is 2.54 bits per heavy atom. The molecular weight excluding hydrogens is 340 g/mol. The maximum absolute atomic E-state index is 11.7. The Bertz CT molecular complexity index is 609. The first kappa shape index (κ1) is 20.1. The highest BCUT2D eigenvalue weighted by Gasteiger charge is 2.40. The monoisotopic (exact) mass is 366 g/mol. The molecule has 0 saturated heterocycles. The molecule has 0 fully saturated rings. The van der Waals surface area contributed by atoms with Gasteiger partial charge < -0.3 is 29.5 Å². The molecule has 0 aliphatic carbocycles. The van der Waals surface area contributed by atoms with E-state index < -0.39 is 30.5 Å². The van der Waals surface area contributed by atoms with Crippen LogP contribution < -0.4 is 4.74 Å². The summed E-state index contributed by atoms with van der Waals surface area (Å²) < 4.78 is 15.8. The predicted molar refractivity (Wildman–Crippen MR) is 93.5 cm³/mol. The normalized spacial score (nSPS) is 18.0. The van der Waals surface area contributed by atoms with Gasteiger partial charge in [-0.1, -0.05) is 38.3 Å². The lowest BCUT2D eigenvalue weighted by Crippen LogP contribution is -2.31. The highest BCUT2D eigenvalue weighted by Crippen LogP contribution is 2.25. The van der Waals surface area contributed by atoms with Crippen molar-refractivity contribution in [2.75, 3.05) is 13.2 Å². The number of rotatable bonds is 11. The Kier molecular flexibility index (Phi) is 7.74. The van der Waals surface area contributed by atoms with Crippen LogP contribution >= 0.6 is 0 Å². The molecular formula is C19H26O7. The van der Waals surface area contributed by atoms with Crippen LogP contribution in [0.15, 0.2) is 35.8 Å². The number of ether oxygens (including phenoxy) is 3. The second-order valence-corrected chi connectivity index (χ2v) is 6.13. The molecule has 2 atom stereocenters. The van der Waals surface area contributed by atoms with E-state index in [2.05, 4.69) is 6.92 Å². The van der Waals surface area contributed by atoms with Crippen LogP contribution in [-0.2, 0) is 20.9 Å². The molecule has 1 aliphatic rings. The van der Waals surface area contributed by atoms with E-state index in [-0.39, 0.29) is 12.4 Å². The fourth-order valence-electron chi connectivity index (χ4n) is 2.50. The van der Waals surface area contributed by atoms with E-state index in [0.29, 0.717) is 6.61 Å². The standard InChI is InChI=1S/C19H26O7/c1-2-3-4-5-10-24-14-8-6-13(7-9-14)12-25-18-16(22)17(15(21)11-20)26-19(18)23/h6-9,15,17,20-22H,2-5,10-12H2,1H3. The number of aliphatic hydroxyl groups excluding tert-OH is 3. The van der Waals surface area contributed by atoms with Crippen molar-refractivity contribution in [3.63, 3.8) is 0 Å².